The average molecular weight is 366 g/mol. The van der Waals surface area contributed by atoms with E-state index in [1.807, 2.05) is 0 Å². The van der Waals surface area contributed by atoms with Gasteiger partial charge in [0.15, 0.2) is 11.6 Å². The molecular weight excluding hydrogens is 360 g/mol. The van der Waals surface area contributed by atoms with E-state index >= 15 is 0 Å². The van der Waals surface area contributed by atoms with Crippen molar-refractivity contribution in [2.24, 2.45) is 0 Å². The van der Waals surface area contributed by atoms with Crippen LogP contribution in [0.5, 0.6) is 0 Å². The van der Waals surface area contributed by atoms with Gasteiger partial charge in [-0.05, 0) is 24.3 Å². The number of aromatic nitrogens is 1. The van der Waals surface area contributed by atoms with Crippen LogP contribution in [-0.2, 0) is 0 Å². The fourth-order valence-corrected chi connectivity index (χ4v) is 2.24. The van der Waals surface area contributed by atoms with Crippen LogP contribution in [0.4, 0.5) is 23.2 Å². The first-order chi connectivity index (χ1) is 12.3. The molecule has 0 unspecified atom stereocenters. The molecule has 0 fully saturated rings. The molecule has 132 valence electrons. The Balaban J connectivity index is 2.14. The van der Waals surface area contributed by atoms with Gasteiger partial charge in [-0.2, -0.15) is 4.39 Å². The van der Waals surface area contributed by atoms with E-state index in [4.69, 9.17) is 4.52 Å². The summed E-state index contributed by atoms with van der Waals surface area (Å²) in [5.74, 6) is -8.03. The van der Waals surface area contributed by atoms with Crippen molar-refractivity contribution < 1.29 is 31.8 Å². The highest BCUT2D eigenvalue weighted by Gasteiger charge is 2.31. The summed E-state index contributed by atoms with van der Waals surface area (Å²) in [6, 6.07) is 4.91. The first kappa shape index (κ1) is 17.3. The molecule has 0 radical (unpaired) electrons. The molecule has 0 saturated carbocycles. The van der Waals surface area contributed by atoms with Crippen molar-refractivity contribution in [3.05, 3.63) is 81.0 Å². The van der Waals surface area contributed by atoms with Crippen LogP contribution in [-0.4, -0.2) is 15.9 Å². The maximum Gasteiger partial charge on any atom is 0.308 e. The van der Waals surface area contributed by atoms with Crippen LogP contribution < -0.4 is 0 Å². The smallest absolute Gasteiger partial charge is 0.308 e. The maximum atomic E-state index is 14.0. The van der Waals surface area contributed by atoms with E-state index in [2.05, 4.69) is 5.16 Å². The molecule has 1 aromatic heterocycles. The average Bonchev–Trinajstić information content (AvgIpc) is 3.09. The molecule has 0 spiro atoms. The highest BCUT2D eigenvalue weighted by Crippen LogP contribution is 2.30. The Bertz CT molecular complexity index is 1030. The van der Waals surface area contributed by atoms with Gasteiger partial charge in [0.2, 0.25) is 17.4 Å². The predicted molar refractivity (Wildman–Crippen MR) is 78.3 cm³/mol. The maximum absolute atomic E-state index is 14.0. The second-order valence-electron chi connectivity index (χ2n) is 5.05. The second-order valence-corrected chi connectivity index (χ2v) is 5.05. The zero-order valence-corrected chi connectivity index (χ0v) is 12.5. The number of nitro benzene ring substituents is 1. The van der Waals surface area contributed by atoms with Crippen molar-refractivity contribution in [1.29, 1.82) is 0 Å². The molecular formula is C16H6F4N2O4. The Morgan fingerprint density at radius 1 is 1.00 bits per heavy atom. The normalized spacial score (nSPS) is 10.8. The second kappa shape index (κ2) is 6.39. The summed E-state index contributed by atoms with van der Waals surface area (Å²) in [6.45, 7) is 0. The molecule has 0 amide bonds. The van der Waals surface area contributed by atoms with Gasteiger partial charge in [0.1, 0.15) is 5.82 Å². The van der Waals surface area contributed by atoms with Gasteiger partial charge in [-0.15, -0.1) is 0 Å². The van der Waals surface area contributed by atoms with E-state index in [1.165, 1.54) is 12.1 Å². The molecule has 0 saturated heterocycles. The SMILES string of the molecule is O=C(c1cnoc1-c1ccc(F)cc1)c1cc([N+](=O)[O-])c(F)c(F)c1F. The fraction of sp³-hybridized carbons (Fsp3) is 0. The summed E-state index contributed by atoms with van der Waals surface area (Å²) in [7, 11) is 0. The Morgan fingerprint density at radius 3 is 2.27 bits per heavy atom. The number of nitro groups is 1. The highest BCUT2D eigenvalue weighted by molar-refractivity contribution is 6.12. The van der Waals surface area contributed by atoms with Crippen molar-refractivity contribution in [3.8, 4) is 11.3 Å². The number of carbonyl (C=O) groups is 1. The molecule has 6 nitrogen and oxygen atoms in total. The van der Waals surface area contributed by atoms with Crippen LogP contribution >= 0.6 is 0 Å². The van der Waals surface area contributed by atoms with Crippen molar-refractivity contribution in [2.45, 2.75) is 0 Å². The molecule has 1 heterocycles. The van der Waals surface area contributed by atoms with Crippen molar-refractivity contribution >= 4 is 11.5 Å². The number of rotatable bonds is 4. The molecule has 3 rings (SSSR count). The third kappa shape index (κ3) is 2.81. The minimum Gasteiger partial charge on any atom is -0.356 e. The minimum atomic E-state index is -2.15. The van der Waals surface area contributed by atoms with Crippen LogP contribution in [0.25, 0.3) is 11.3 Å². The molecule has 2 aromatic carbocycles. The summed E-state index contributed by atoms with van der Waals surface area (Å²) < 4.78 is 58.9. The first-order valence-electron chi connectivity index (χ1n) is 6.88. The molecule has 0 N–H and O–H groups in total. The zero-order chi connectivity index (χ0) is 19.0. The number of carbonyl (C=O) groups excluding carboxylic acids is 1. The van der Waals surface area contributed by atoms with Gasteiger partial charge in [-0.3, -0.25) is 14.9 Å². The lowest BCUT2D eigenvalue weighted by molar-refractivity contribution is -0.387. The van der Waals surface area contributed by atoms with Gasteiger partial charge in [0.25, 0.3) is 0 Å². The predicted octanol–water partition coefficient (Wildman–Crippen LogP) is 4.04. The van der Waals surface area contributed by atoms with E-state index in [0.29, 0.717) is 0 Å². The van der Waals surface area contributed by atoms with E-state index in [0.717, 1.165) is 18.3 Å². The van der Waals surface area contributed by atoms with Crippen molar-refractivity contribution in [2.75, 3.05) is 0 Å². The topological polar surface area (TPSA) is 86.2 Å². The number of hydrogen-bond acceptors (Lipinski definition) is 5. The summed E-state index contributed by atoms with van der Waals surface area (Å²) in [4.78, 5) is 22.0. The molecule has 26 heavy (non-hydrogen) atoms. The summed E-state index contributed by atoms with van der Waals surface area (Å²) >= 11 is 0. The van der Waals surface area contributed by atoms with Crippen molar-refractivity contribution in [3.63, 3.8) is 0 Å². The lowest BCUT2D eigenvalue weighted by atomic mass is 9.99. The van der Waals surface area contributed by atoms with Gasteiger partial charge < -0.3 is 4.52 Å². The Morgan fingerprint density at radius 2 is 1.65 bits per heavy atom. The third-order valence-corrected chi connectivity index (χ3v) is 3.49. The van der Waals surface area contributed by atoms with E-state index in [-0.39, 0.29) is 23.0 Å². The standard InChI is InChI=1S/C16H6F4N2O4/c17-8-3-1-7(2-4-8)16-10(6-21-26-16)15(23)9-5-11(22(24)25)13(19)14(20)12(9)18/h1-6H. The monoisotopic (exact) mass is 366 g/mol. The summed E-state index contributed by atoms with van der Waals surface area (Å²) in [5, 5.41) is 14.1. The van der Waals surface area contributed by atoms with Crippen LogP contribution in [0, 0.1) is 33.4 Å². The number of hydrogen-bond donors (Lipinski definition) is 0. The molecule has 3 aromatic rings. The fourth-order valence-electron chi connectivity index (χ4n) is 2.24. The number of nitrogens with zero attached hydrogens (tertiary/aromatic N) is 2. The molecule has 0 bridgehead atoms. The van der Waals surface area contributed by atoms with Crippen LogP contribution in [0.1, 0.15) is 15.9 Å². The molecule has 0 aliphatic rings. The largest absolute Gasteiger partial charge is 0.356 e. The van der Waals surface area contributed by atoms with Crippen molar-refractivity contribution in [1.82, 2.24) is 5.16 Å². The molecule has 10 heteroatoms. The van der Waals surface area contributed by atoms with Crippen LogP contribution in [0.3, 0.4) is 0 Å². The highest BCUT2D eigenvalue weighted by atomic mass is 19.2. The lowest BCUT2D eigenvalue weighted by Crippen LogP contribution is -2.10. The summed E-state index contributed by atoms with van der Waals surface area (Å²) in [6.07, 6.45) is 0.882. The van der Waals surface area contributed by atoms with E-state index < -0.39 is 45.2 Å². The molecule has 0 atom stereocenters. The van der Waals surface area contributed by atoms with Crippen LogP contribution in [0.15, 0.2) is 41.1 Å². The lowest BCUT2D eigenvalue weighted by Gasteiger charge is -2.05. The van der Waals surface area contributed by atoms with Crippen LogP contribution in [0.2, 0.25) is 0 Å². The number of ketones is 1. The Kier molecular flexibility index (Phi) is 4.24. The minimum absolute atomic E-state index is 0.193. The number of benzene rings is 2. The van der Waals surface area contributed by atoms with Gasteiger partial charge in [0.05, 0.1) is 22.2 Å². The first-order valence-corrected chi connectivity index (χ1v) is 6.88. The number of halogens is 4. The van der Waals surface area contributed by atoms with Gasteiger partial charge in [-0.1, -0.05) is 5.16 Å². The van der Waals surface area contributed by atoms with E-state index in [1.54, 1.807) is 0 Å². The third-order valence-electron chi connectivity index (χ3n) is 3.49. The van der Waals surface area contributed by atoms with Gasteiger partial charge in [0, 0.05) is 11.6 Å². The molecule has 0 aliphatic carbocycles. The van der Waals surface area contributed by atoms with Gasteiger partial charge >= 0.3 is 5.69 Å². The van der Waals surface area contributed by atoms with Gasteiger partial charge in [-0.25, -0.2) is 13.2 Å². The summed E-state index contributed by atoms with van der Waals surface area (Å²) in [5.41, 5.74) is -2.63. The van der Waals surface area contributed by atoms with E-state index in [9.17, 15) is 32.5 Å². The Hall–Kier alpha value is -3.56. The molecule has 0 aliphatic heterocycles. The quantitative estimate of drug-likeness (QED) is 0.229. The Labute approximate surface area is 141 Å². The zero-order valence-electron chi connectivity index (χ0n) is 12.5.